The van der Waals surface area contributed by atoms with Crippen LogP contribution in [0.1, 0.15) is 25.0 Å². The maximum Gasteiger partial charge on any atom is 0.346 e. The first-order chi connectivity index (χ1) is 13.9. The molecule has 2 aromatic rings. The van der Waals surface area contributed by atoms with E-state index in [9.17, 15) is 9.59 Å². The second-order valence-corrected chi connectivity index (χ2v) is 6.49. The van der Waals surface area contributed by atoms with Gasteiger partial charge in [0, 0.05) is 0 Å². The third-order valence-corrected chi connectivity index (χ3v) is 4.65. The molecule has 1 saturated heterocycles. The Labute approximate surface area is 169 Å². The number of imide groups is 1. The highest BCUT2D eigenvalue weighted by Gasteiger charge is 2.49. The summed E-state index contributed by atoms with van der Waals surface area (Å²) < 4.78 is 15.9. The van der Waals surface area contributed by atoms with E-state index in [4.69, 9.17) is 14.2 Å². The molecule has 29 heavy (non-hydrogen) atoms. The molecular weight excluding hydrogens is 374 g/mol. The Morgan fingerprint density at radius 1 is 1.07 bits per heavy atom. The number of benzene rings is 2. The summed E-state index contributed by atoms with van der Waals surface area (Å²) in [6.45, 7) is 4.03. The average molecular weight is 397 g/mol. The van der Waals surface area contributed by atoms with E-state index in [1.54, 1.807) is 56.5 Å². The molecule has 1 aliphatic rings. The Morgan fingerprint density at radius 3 is 2.41 bits per heavy atom. The normalized spacial score (nSPS) is 18.8. The quantitative estimate of drug-likeness (QED) is 0.573. The van der Waals surface area contributed by atoms with Crippen molar-refractivity contribution < 1.29 is 23.8 Å². The molecular formula is C21H23N3O5. The molecule has 8 nitrogen and oxygen atoms in total. The van der Waals surface area contributed by atoms with Crippen LogP contribution in [-0.2, 0) is 10.3 Å². The fraction of sp³-hybridized carbons (Fsp3) is 0.286. The Kier molecular flexibility index (Phi) is 5.72. The lowest BCUT2D eigenvalue weighted by atomic mass is 9.92. The number of urea groups is 1. The highest BCUT2D eigenvalue weighted by molar-refractivity contribution is 6.07. The van der Waals surface area contributed by atoms with Gasteiger partial charge in [0.15, 0.2) is 11.5 Å². The topological polar surface area (TPSA) is 89.5 Å². The van der Waals surface area contributed by atoms with Crippen LogP contribution in [0.25, 0.3) is 0 Å². The number of rotatable bonds is 7. The van der Waals surface area contributed by atoms with E-state index in [2.05, 4.69) is 10.4 Å². The third kappa shape index (κ3) is 3.87. The van der Waals surface area contributed by atoms with E-state index < -0.39 is 17.5 Å². The maximum atomic E-state index is 12.9. The van der Waals surface area contributed by atoms with Gasteiger partial charge in [0.25, 0.3) is 5.91 Å². The predicted octanol–water partition coefficient (Wildman–Crippen LogP) is 2.90. The summed E-state index contributed by atoms with van der Waals surface area (Å²) in [7, 11) is 3.10. The first-order valence-corrected chi connectivity index (χ1v) is 9.09. The number of ether oxygens (including phenoxy) is 3. The van der Waals surface area contributed by atoms with Crippen molar-refractivity contribution in [3.63, 3.8) is 0 Å². The van der Waals surface area contributed by atoms with E-state index in [0.717, 1.165) is 5.01 Å². The lowest BCUT2D eigenvalue weighted by molar-refractivity contribution is -0.131. The van der Waals surface area contributed by atoms with Gasteiger partial charge in [0.05, 0.1) is 27.0 Å². The van der Waals surface area contributed by atoms with E-state index in [1.807, 2.05) is 6.92 Å². The van der Waals surface area contributed by atoms with Crippen molar-refractivity contribution in [1.29, 1.82) is 0 Å². The van der Waals surface area contributed by atoms with Gasteiger partial charge in [-0.15, -0.1) is 5.01 Å². The van der Waals surface area contributed by atoms with Gasteiger partial charge in [0.1, 0.15) is 11.3 Å². The zero-order valence-electron chi connectivity index (χ0n) is 16.8. The Morgan fingerprint density at radius 2 is 1.79 bits per heavy atom. The zero-order valence-corrected chi connectivity index (χ0v) is 16.8. The SMILES string of the molecule is CCOc1ccc(/C=N\N2C(=O)N[C@@](C)(c3ccc(OC)cc3)C2=O)cc1OC. The molecule has 0 aliphatic carbocycles. The number of hydrogen-bond donors (Lipinski definition) is 1. The van der Waals surface area contributed by atoms with Gasteiger partial charge in [0.2, 0.25) is 0 Å². The summed E-state index contributed by atoms with van der Waals surface area (Å²) in [5, 5.41) is 7.62. The van der Waals surface area contributed by atoms with Crippen LogP contribution in [0, 0.1) is 0 Å². The minimum Gasteiger partial charge on any atom is -0.497 e. The van der Waals surface area contributed by atoms with Crippen LogP contribution in [-0.4, -0.2) is 44.0 Å². The van der Waals surface area contributed by atoms with Crippen LogP contribution in [0.2, 0.25) is 0 Å². The van der Waals surface area contributed by atoms with Crippen LogP contribution < -0.4 is 19.5 Å². The van der Waals surface area contributed by atoms with Crippen molar-refractivity contribution in [2.75, 3.05) is 20.8 Å². The second kappa shape index (κ2) is 8.22. The van der Waals surface area contributed by atoms with Crippen molar-refractivity contribution in [1.82, 2.24) is 10.3 Å². The Bertz CT molecular complexity index is 942. The molecule has 0 spiro atoms. The second-order valence-electron chi connectivity index (χ2n) is 6.49. The zero-order chi connectivity index (χ0) is 21.0. The summed E-state index contributed by atoms with van der Waals surface area (Å²) >= 11 is 0. The average Bonchev–Trinajstić information content (AvgIpc) is 2.96. The van der Waals surface area contributed by atoms with Crippen LogP contribution in [0.15, 0.2) is 47.6 Å². The van der Waals surface area contributed by atoms with Crippen LogP contribution in [0.3, 0.4) is 0 Å². The van der Waals surface area contributed by atoms with Crippen LogP contribution >= 0.6 is 0 Å². The number of carbonyl (C=O) groups excluding carboxylic acids is 2. The Hall–Kier alpha value is -3.55. The lowest BCUT2D eigenvalue weighted by Gasteiger charge is -2.21. The van der Waals surface area contributed by atoms with Gasteiger partial charge in [-0.25, -0.2) is 4.79 Å². The smallest absolute Gasteiger partial charge is 0.346 e. The molecule has 1 fully saturated rings. The molecule has 3 rings (SSSR count). The molecule has 1 aliphatic heterocycles. The van der Waals surface area contributed by atoms with Gasteiger partial charge >= 0.3 is 6.03 Å². The van der Waals surface area contributed by atoms with Crippen molar-refractivity contribution in [3.8, 4) is 17.2 Å². The monoisotopic (exact) mass is 397 g/mol. The fourth-order valence-corrected chi connectivity index (χ4v) is 3.01. The highest BCUT2D eigenvalue weighted by atomic mass is 16.5. The molecule has 2 aromatic carbocycles. The number of carbonyl (C=O) groups is 2. The molecule has 8 heteroatoms. The molecule has 0 bridgehead atoms. The van der Waals surface area contributed by atoms with Crippen molar-refractivity contribution >= 4 is 18.2 Å². The van der Waals surface area contributed by atoms with Gasteiger partial charge < -0.3 is 19.5 Å². The van der Waals surface area contributed by atoms with Gasteiger partial charge in [-0.2, -0.15) is 5.10 Å². The number of hydrazone groups is 1. The molecule has 152 valence electrons. The predicted molar refractivity (Wildman–Crippen MR) is 107 cm³/mol. The minimum absolute atomic E-state index is 0.471. The maximum absolute atomic E-state index is 12.9. The molecule has 0 aromatic heterocycles. The fourth-order valence-electron chi connectivity index (χ4n) is 3.01. The number of nitrogens with one attached hydrogen (secondary N) is 1. The largest absolute Gasteiger partial charge is 0.497 e. The first-order valence-electron chi connectivity index (χ1n) is 9.09. The number of amides is 3. The van der Waals surface area contributed by atoms with Crippen molar-refractivity contribution in [2.24, 2.45) is 5.10 Å². The summed E-state index contributed by atoms with van der Waals surface area (Å²) in [6.07, 6.45) is 1.43. The molecule has 1 heterocycles. The summed E-state index contributed by atoms with van der Waals surface area (Å²) in [6, 6.07) is 11.6. The van der Waals surface area contributed by atoms with Crippen LogP contribution in [0.5, 0.6) is 17.2 Å². The highest BCUT2D eigenvalue weighted by Crippen LogP contribution is 2.31. The summed E-state index contributed by atoms with van der Waals surface area (Å²) in [5.41, 5.74) is 0.0815. The van der Waals surface area contributed by atoms with E-state index in [1.165, 1.54) is 13.3 Å². The third-order valence-electron chi connectivity index (χ3n) is 4.65. The van der Waals surface area contributed by atoms with E-state index in [0.29, 0.717) is 35.0 Å². The lowest BCUT2D eigenvalue weighted by Crippen LogP contribution is -2.40. The molecule has 0 radical (unpaired) electrons. The Balaban J connectivity index is 1.82. The molecule has 0 unspecified atom stereocenters. The summed E-state index contributed by atoms with van der Waals surface area (Å²) in [4.78, 5) is 25.3. The molecule has 1 atom stereocenters. The first kappa shape index (κ1) is 20.2. The van der Waals surface area contributed by atoms with E-state index >= 15 is 0 Å². The molecule has 3 amide bonds. The number of nitrogens with zero attached hydrogens (tertiary/aromatic N) is 2. The minimum atomic E-state index is -1.21. The number of methoxy groups -OCH3 is 2. The molecule has 1 N–H and O–H groups in total. The number of hydrogen-bond acceptors (Lipinski definition) is 6. The standard InChI is InChI=1S/C21H23N3O5/c1-5-29-17-11-6-14(12-18(17)28-4)13-22-24-19(25)21(2,23-20(24)26)15-7-9-16(27-3)10-8-15/h6-13H,5H2,1-4H3,(H,23,26)/b22-13-/t21-/m0/s1. The van der Waals surface area contributed by atoms with E-state index in [-0.39, 0.29) is 0 Å². The van der Waals surface area contributed by atoms with Crippen LogP contribution in [0.4, 0.5) is 4.79 Å². The van der Waals surface area contributed by atoms with Gasteiger partial charge in [-0.3, -0.25) is 4.79 Å². The summed E-state index contributed by atoms with van der Waals surface area (Å²) in [5.74, 6) is 1.33. The molecule has 0 saturated carbocycles. The van der Waals surface area contributed by atoms with Gasteiger partial charge in [-0.1, -0.05) is 12.1 Å². The van der Waals surface area contributed by atoms with Gasteiger partial charge in [-0.05, 0) is 55.3 Å². The van der Waals surface area contributed by atoms with Crippen molar-refractivity contribution in [3.05, 3.63) is 53.6 Å². The van der Waals surface area contributed by atoms with Crippen molar-refractivity contribution in [2.45, 2.75) is 19.4 Å².